The molecule has 6 nitrogen and oxygen atoms in total. The van der Waals surface area contributed by atoms with E-state index in [1.165, 1.54) is 6.42 Å². The van der Waals surface area contributed by atoms with Crippen LogP contribution in [0, 0.1) is 29.6 Å². The summed E-state index contributed by atoms with van der Waals surface area (Å²) in [6.45, 7) is 10.8. The Kier molecular flexibility index (Phi) is 16.3. The van der Waals surface area contributed by atoms with Crippen molar-refractivity contribution in [3.63, 3.8) is 0 Å². The fourth-order valence-electron chi connectivity index (χ4n) is 5.89. The summed E-state index contributed by atoms with van der Waals surface area (Å²) in [7, 11) is 0. The minimum Gasteiger partial charge on any atom is -0.381 e. The molecule has 2 aromatic heterocycles. The molecular weight excluding hydrogens is 941 g/mol. The Hall–Kier alpha value is -6.66. The van der Waals surface area contributed by atoms with Gasteiger partial charge in [-0.3, -0.25) is 16.4 Å². The second-order valence-electron chi connectivity index (χ2n) is 16.3. The third-order valence-electron chi connectivity index (χ3n) is 9.47. The van der Waals surface area contributed by atoms with Crippen molar-refractivity contribution < 1.29 is 29.7 Å². The maximum atomic E-state index is 11.4. The topological polar surface area (TPSA) is 85.7 Å². The van der Waals surface area contributed by atoms with Crippen LogP contribution in [0.2, 0.25) is 0 Å². The first kappa shape index (κ1) is 46.4. The smallest absolute Gasteiger partial charge is 0.381 e. The van der Waals surface area contributed by atoms with Crippen molar-refractivity contribution in [1.82, 2.24) is 19.9 Å². The maximum Gasteiger partial charge on any atom is 3.00 e. The van der Waals surface area contributed by atoms with E-state index in [0.29, 0.717) is 0 Å². The van der Waals surface area contributed by atoms with Gasteiger partial charge in [0.25, 0.3) is 0 Å². The van der Waals surface area contributed by atoms with Crippen molar-refractivity contribution >= 4 is 11.6 Å². The van der Waals surface area contributed by atoms with Gasteiger partial charge < -0.3 is 19.6 Å². The summed E-state index contributed by atoms with van der Waals surface area (Å²) in [4.78, 5) is 41.9. The summed E-state index contributed by atoms with van der Waals surface area (Å²) >= 11 is 0. The molecule has 0 radical (unpaired) electrons. The molecule has 0 atom stereocenters. The molecule has 0 aliphatic heterocycles. The number of nitrogens with zero attached hydrogens (tertiary/aromatic N) is 4. The first-order chi connectivity index (χ1) is 29.4. The van der Waals surface area contributed by atoms with Crippen LogP contribution in [-0.4, -0.2) is 31.5 Å². The Morgan fingerprint density at radius 1 is 0.371 bits per heavy atom. The molecule has 0 aliphatic carbocycles. The Balaban J connectivity index is 0.000000183. The van der Waals surface area contributed by atoms with Crippen molar-refractivity contribution in [3.05, 3.63) is 201 Å². The normalized spacial score (nSPS) is 10.7. The number of Topliss-reactive ketones (excluding diaryl/α,β-unsaturated/α-hetero) is 2. The summed E-state index contributed by atoms with van der Waals surface area (Å²) in [5, 5.41) is 0. The summed E-state index contributed by atoms with van der Waals surface area (Å²) < 4.78 is 0. The Bertz CT molecular complexity index is 2440. The third-order valence-corrected chi connectivity index (χ3v) is 9.47. The average Bonchev–Trinajstić information content (AvgIpc) is 3.30. The van der Waals surface area contributed by atoms with Crippen molar-refractivity contribution in [2.75, 3.05) is 0 Å². The van der Waals surface area contributed by atoms with Crippen LogP contribution in [0.1, 0.15) is 41.5 Å². The fraction of sp³-hybridized carbons (Fsp3) is 0.145. The number of carbonyl (C=O) groups is 2. The molecule has 8 rings (SSSR count). The van der Waals surface area contributed by atoms with Crippen molar-refractivity contribution in [3.8, 4) is 67.5 Å². The molecule has 0 N–H and O–H groups in total. The van der Waals surface area contributed by atoms with Gasteiger partial charge in [0, 0.05) is 23.0 Å². The summed E-state index contributed by atoms with van der Waals surface area (Å²) in [5.74, 6) is -0.208. The maximum absolute atomic E-state index is 11.4. The standard InChI is InChI=1S/2C22H15N2.C11H19O2.Ir/c2*1-4-10-17(11-5-1)20-16-23-21(18-12-6-2-7-13-18)22(24-20)19-14-8-3-9-15-19;1-10(2,3)8(12)7-9(13)11(4,5)6;/h2*1-15H;7H,1-6H3;/q3*-1;+3. The Labute approximate surface area is 380 Å². The van der Waals surface area contributed by atoms with Gasteiger partial charge in [-0.2, -0.15) is 0 Å². The fourth-order valence-corrected chi connectivity index (χ4v) is 5.89. The zero-order valence-corrected chi connectivity index (χ0v) is 38.2. The molecule has 0 saturated carbocycles. The van der Waals surface area contributed by atoms with E-state index in [1.54, 1.807) is 0 Å². The molecule has 0 unspecified atom stereocenters. The molecule has 2 heterocycles. The molecule has 310 valence electrons. The van der Waals surface area contributed by atoms with Crippen molar-refractivity contribution in [2.24, 2.45) is 10.8 Å². The molecule has 0 amide bonds. The molecule has 6 aromatic carbocycles. The number of hydrogen-bond donors (Lipinski definition) is 0. The molecule has 0 aliphatic rings. The summed E-state index contributed by atoms with van der Waals surface area (Å²) in [6, 6.07) is 60.6. The van der Waals surface area contributed by atoms with E-state index in [9.17, 15) is 9.59 Å². The van der Waals surface area contributed by atoms with Gasteiger partial charge in [0.2, 0.25) is 0 Å². The van der Waals surface area contributed by atoms with E-state index in [2.05, 4.69) is 46.6 Å². The number of carbonyl (C=O) groups excluding carboxylic acids is 2. The molecule has 0 spiro atoms. The molecular formula is C55H49IrN4O2. The molecule has 0 bridgehead atoms. The van der Waals surface area contributed by atoms with E-state index >= 15 is 0 Å². The van der Waals surface area contributed by atoms with Crippen LogP contribution >= 0.6 is 0 Å². The van der Waals surface area contributed by atoms with E-state index < -0.39 is 10.8 Å². The van der Waals surface area contributed by atoms with Gasteiger partial charge in [-0.1, -0.05) is 234 Å². The van der Waals surface area contributed by atoms with Gasteiger partial charge in [-0.15, -0.1) is 24.3 Å². The van der Waals surface area contributed by atoms with Crippen LogP contribution < -0.4 is 0 Å². The van der Waals surface area contributed by atoms with E-state index in [-0.39, 0.29) is 31.7 Å². The third kappa shape index (κ3) is 12.7. The monoisotopic (exact) mass is 990 g/mol. The summed E-state index contributed by atoms with van der Waals surface area (Å²) in [5.41, 5.74) is 10.3. The number of aromatic nitrogens is 4. The van der Waals surface area contributed by atoms with Gasteiger partial charge in [0.05, 0.1) is 0 Å². The van der Waals surface area contributed by atoms with E-state index in [0.717, 1.165) is 67.5 Å². The van der Waals surface area contributed by atoms with Gasteiger partial charge in [-0.05, 0) is 44.7 Å². The van der Waals surface area contributed by atoms with E-state index in [4.69, 9.17) is 9.97 Å². The number of benzene rings is 6. The number of hydrogen-bond acceptors (Lipinski definition) is 6. The molecule has 62 heavy (non-hydrogen) atoms. The van der Waals surface area contributed by atoms with Gasteiger partial charge in [0.1, 0.15) is 0 Å². The van der Waals surface area contributed by atoms with Crippen LogP contribution in [-0.2, 0) is 29.7 Å². The minimum atomic E-state index is -0.457. The zero-order chi connectivity index (χ0) is 43.2. The van der Waals surface area contributed by atoms with Gasteiger partial charge >= 0.3 is 20.1 Å². The van der Waals surface area contributed by atoms with Crippen molar-refractivity contribution in [1.29, 1.82) is 0 Å². The minimum absolute atomic E-state index is 0. The number of rotatable bonds is 8. The molecule has 0 fully saturated rings. The van der Waals surface area contributed by atoms with Crippen LogP contribution in [0.15, 0.2) is 182 Å². The predicted molar refractivity (Wildman–Crippen MR) is 248 cm³/mol. The largest absolute Gasteiger partial charge is 3.00 e. The first-order valence-electron chi connectivity index (χ1n) is 20.2. The van der Waals surface area contributed by atoms with Gasteiger partial charge in [-0.25, -0.2) is 0 Å². The van der Waals surface area contributed by atoms with Crippen LogP contribution in [0.25, 0.3) is 67.5 Å². The molecule has 7 heteroatoms. The summed E-state index contributed by atoms with van der Waals surface area (Å²) in [6.07, 6.45) is 7.42. The SMILES string of the molecule is CC(C)(C)C(=O)[CH-]C(=O)C(C)(C)C.[Ir+3].[c-]1nc(-c2ccccc2)c(-c2ccccc2)nc1-c1ccccc1.[c-]1nc(-c2ccccc2)c(-c2ccccc2)nc1-c1ccccc1. The Morgan fingerprint density at radius 2 is 0.597 bits per heavy atom. The second kappa shape index (κ2) is 21.7. The predicted octanol–water partition coefficient (Wildman–Crippen LogP) is 13.0. The molecule has 8 aromatic rings. The molecule has 0 saturated heterocycles. The first-order valence-corrected chi connectivity index (χ1v) is 20.2. The van der Waals surface area contributed by atoms with Crippen LogP contribution in [0.4, 0.5) is 0 Å². The average molecular weight is 990 g/mol. The zero-order valence-electron chi connectivity index (χ0n) is 35.8. The number of ketones is 2. The van der Waals surface area contributed by atoms with Crippen LogP contribution in [0.3, 0.4) is 0 Å². The van der Waals surface area contributed by atoms with Crippen LogP contribution in [0.5, 0.6) is 0 Å². The van der Waals surface area contributed by atoms with Gasteiger partial charge in [0.15, 0.2) is 0 Å². The Morgan fingerprint density at radius 3 is 0.839 bits per heavy atom. The quantitative estimate of drug-likeness (QED) is 0.111. The van der Waals surface area contributed by atoms with Crippen molar-refractivity contribution in [2.45, 2.75) is 41.5 Å². The second-order valence-corrected chi connectivity index (χ2v) is 16.3. The van der Waals surface area contributed by atoms with E-state index in [1.807, 2.05) is 199 Å².